The maximum absolute atomic E-state index is 12.4. The molecule has 0 N–H and O–H groups in total. The number of hydrogen-bond acceptors (Lipinski definition) is 5. The summed E-state index contributed by atoms with van der Waals surface area (Å²) in [6, 6.07) is 2.45. The van der Waals surface area contributed by atoms with E-state index in [2.05, 4.69) is 20.3 Å². The summed E-state index contributed by atoms with van der Waals surface area (Å²) >= 11 is 0. The fraction of sp³-hybridized carbons (Fsp3) is 0.500. The second-order valence-electron chi connectivity index (χ2n) is 4.98. The summed E-state index contributed by atoms with van der Waals surface area (Å²) < 4.78 is 39.1. The highest BCUT2D eigenvalue weighted by Crippen LogP contribution is 2.30. The molecule has 9 heteroatoms. The average Bonchev–Trinajstić information content (AvgIpc) is 2.66. The van der Waals surface area contributed by atoms with Gasteiger partial charge < -0.3 is 4.90 Å². The molecule has 1 saturated heterocycles. The Labute approximate surface area is 118 Å². The zero-order chi connectivity index (χ0) is 15.2. The Morgan fingerprint density at radius 1 is 1.14 bits per heavy atom. The van der Waals surface area contributed by atoms with E-state index in [1.165, 1.54) is 6.07 Å². The van der Waals surface area contributed by atoms with Gasteiger partial charge in [0.1, 0.15) is 11.6 Å². The number of rotatable bonds is 2. The molecule has 0 radical (unpaired) electrons. The lowest BCUT2D eigenvalue weighted by atomic mass is 10.1. The molecule has 2 aromatic rings. The highest BCUT2D eigenvalue weighted by molar-refractivity contribution is 5.41. The van der Waals surface area contributed by atoms with Gasteiger partial charge in [0, 0.05) is 13.1 Å². The van der Waals surface area contributed by atoms with Crippen LogP contribution in [-0.4, -0.2) is 38.1 Å². The van der Waals surface area contributed by atoms with Crippen LogP contribution in [0.2, 0.25) is 0 Å². The van der Waals surface area contributed by atoms with Crippen molar-refractivity contribution in [2.75, 3.05) is 18.0 Å². The molecule has 2 aromatic heterocycles. The van der Waals surface area contributed by atoms with Crippen LogP contribution in [0.4, 0.5) is 19.0 Å². The summed E-state index contributed by atoms with van der Waals surface area (Å²) in [5, 5.41) is 11.2. The van der Waals surface area contributed by atoms with E-state index in [-0.39, 0.29) is 6.04 Å². The Kier molecular flexibility index (Phi) is 3.07. The lowest BCUT2D eigenvalue weighted by Gasteiger charge is -2.39. The first kappa shape index (κ1) is 13.8. The minimum atomic E-state index is -4.46. The third-order valence-electron chi connectivity index (χ3n) is 3.38. The van der Waals surface area contributed by atoms with E-state index < -0.39 is 11.9 Å². The lowest BCUT2D eigenvalue weighted by Crippen LogP contribution is -2.49. The predicted molar refractivity (Wildman–Crippen MR) is 67.8 cm³/mol. The van der Waals surface area contributed by atoms with E-state index in [1.807, 2.05) is 23.4 Å². The van der Waals surface area contributed by atoms with Crippen molar-refractivity contribution in [2.24, 2.45) is 0 Å². The Hall–Kier alpha value is -2.19. The second kappa shape index (κ2) is 4.68. The van der Waals surface area contributed by atoms with Crippen molar-refractivity contribution in [1.82, 2.24) is 25.0 Å². The molecule has 21 heavy (non-hydrogen) atoms. The molecule has 0 aromatic carbocycles. The number of anilines is 1. The third-order valence-corrected chi connectivity index (χ3v) is 3.38. The van der Waals surface area contributed by atoms with Gasteiger partial charge in [0.05, 0.1) is 6.04 Å². The van der Waals surface area contributed by atoms with Gasteiger partial charge in [-0.2, -0.15) is 18.3 Å². The van der Waals surface area contributed by atoms with Crippen molar-refractivity contribution in [3.05, 3.63) is 29.5 Å². The summed E-state index contributed by atoms with van der Waals surface area (Å²) in [6.07, 6.45) is -4.46. The molecular formula is C12H13F3N6. The van der Waals surface area contributed by atoms with Gasteiger partial charge in [0.15, 0.2) is 11.5 Å². The number of aryl methyl sites for hydroxylation is 2. The van der Waals surface area contributed by atoms with Crippen LogP contribution in [0.25, 0.3) is 0 Å². The second-order valence-corrected chi connectivity index (χ2v) is 4.98. The maximum atomic E-state index is 12.4. The van der Waals surface area contributed by atoms with Gasteiger partial charge in [-0.3, -0.25) is 0 Å². The van der Waals surface area contributed by atoms with Crippen LogP contribution in [0.3, 0.4) is 0 Å². The zero-order valence-corrected chi connectivity index (χ0v) is 11.5. The van der Waals surface area contributed by atoms with Crippen molar-refractivity contribution < 1.29 is 13.2 Å². The van der Waals surface area contributed by atoms with Crippen molar-refractivity contribution in [2.45, 2.75) is 26.1 Å². The van der Waals surface area contributed by atoms with Crippen LogP contribution >= 0.6 is 0 Å². The van der Waals surface area contributed by atoms with Crippen LogP contribution < -0.4 is 4.90 Å². The molecule has 3 rings (SSSR count). The molecular weight excluding hydrogens is 285 g/mol. The topological polar surface area (TPSA) is 59.7 Å². The minimum absolute atomic E-state index is 0.162. The van der Waals surface area contributed by atoms with Crippen molar-refractivity contribution in [1.29, 1.82) is 0 Å². The standard InChI is InChI=1S/C12H13F3N6/c1-7-16-8(2)21(19-7)9-5-20(6-9)11-4-3-10(17-18-11)12(13,14)15/h3-4,9H,5-6H2,1-2H3. The molecule has 0 aliphatic carbocycles. The molecule has 1 fully saturated rings. The molecule has 0 saturated carbocycles. The molecule has 112 valence electrons. The first-order chi connectivity index (χ1) is 9.84. The predicted octanol–water partition coefficient (Wildman–Crippen LogP) is 1.77. The summed E-state index contributed by atoms with van der Waals surface area (Å²) in [6.45, 7) is 4.95. The smallest absolute Gasteiger partial charge is 0.351 e. The highest BCUT2D eigenvalue weighted by atomic mass is 19.4. The normalized spacial score (nSPS) is 16.1. The first-order valence-corrected chi connectivity index (χ1v) is 6.40. The number of alkyl halides is 3. The maximum Gasteiger partial charge on any atom is 0.435 e. The van der Waals surface area contributed by atoms with E-state index in [1.54, 1.807) is 0 Å². The quantitative estimate of drug-likeness (QED) is 0.845. The number of hydrogen-bond donors (Lipinski definition) is 0. The number of halogens is 3. The van der Waals surface area contributed by atoms with Gasteiger partial charge in [0.2, 0.25) is 0 Å². The molecule has 0 spiro atoms. The summed E-state index contributed by atoms with van der Waals surface area (Å²) in [4.78, 5) is 6.09. The number of aromatic nitrogens is 5. The summed E-state index contributed by atoms with van der Waals surface area (Å²) in [5.41, 5.74) is -0.980. The Morgan fingerprint density at radius 3 is 2.33 bits per heavy atom. The van der Waals surface area contributed by atoms with Gasteiger partial charge in [0.25, 0.3) is 0 Å². The van der Waals surface area contributed by atoms with E-state index in [9.17, 15) is 13.2 Å². The molecule has 0 unspecified atom stereocenters. The molecule has 3 heterocycles. The monoisotopic (exact) mass is 298 g/mol. The number of nitrogens with zero attached hydrogens (tertiary/aromatic N) is 6. The molecule has 0 bridgehead atoms. The molecule has 6 nitrogen and oxygen atoms in total. The fourth-order valence-corrected chi connectivity index (χ4v) is 2.32. The molecule has 0 atom stereocenters. The zero-order valence-electron chi connectivity index (χ0n) is 11.5. The summed E-state index contributed by atoms with van der Waals surface area (Å²) in [7, 11) is 0. The molecule has 0 amide bonds. The Morgan fingerprint density at radius 2 is 1.86 bits per heavy atom. The lowest BCUT2D eigenvalue weighted by molar-refractivity contribution is -0.141. The Bertz CT molecular complexity index is 642. The van der Waals surface area contributed by atoms with Crippen LogP contribution in [0.5, 0.6) is 0 Å². The molecule has 1 aliphatic rings. The van der Waals surface area contributed by atoms with Crippen molar-refractivity contribution in [3.8, 4) is 0 Å². The van der Waals surface area contributed by atoms with E-state index in [0.29, 0.717) is 24.7 Å². The minimum Gasteiger partial charge on any atom is -0.351 e. The van der Waals surface area contributed by atoms with Gasteiger partial charge in [-0.25, -0.2) is 9.67 Å². The van der Waals surface area contributed by atoms with Crippen molar-refractivity contribution in [3.63, 3.8) is 0 Å². The van der Waals surface area contributed by atoms with Crippen LogP contribution in [-0.2, 0) is 6.18 Å². The SMILES string of the molecule is Cc1nc(C)n(C2CN(c3ccc(C(F)(F)F)nn3)C2)n1. The van der Waals surface area contributed by atoms with E-state index >= 15 is 0 Å². The van der Waals surface area contributed by atoms with E-state index in [4.69, 9.17) is 0 Å². The van der Waals surface area contributed by atoms with Crippen molar-refractivity contribution >= 4 is 5.82 Å². The first-order valence-electron chi connectivity index (χ1n) is 6.40. The largest absolute Gasteiger partial charge is 0.435 e. The van der Waals surface area contributed by atoms with Gasteiger partial charge >= 0.3 is 6.18 Å². The highest BCUT2D eigenvalue weighted by Gasteiger charge is 2.35. The van der Waals surface area contributed by atoms with Crippen LogP contribution in [0.1, 0.15) is 23.4 Å². The van der Waals surface area contributed by atoms with Crippen LogP contribution in [0, 0.1) is 13.8 Å². The fourth-order valence-electron chi connectivity index (χ4n) is 2.32. The van der Waals surface area contributed by atoms with Gasteiger partial charge in [-0.05, 0) is 26.0 Å². The third kappa shape index (κ3) is 2.55. The van der Waals surface area contributed by atoms with Gasteiger partial charge in [-0.15, -0.1) is 10.2 Å². The Balaban J connectivity index is 1.67. The van der Waals surface area contributed by atoms with Crippen LogP contribution in [0.15, 0.2) is 12.1 Å². The summed E-state index contributed by atoms with van der Waals surface area (Å²) in [5.74, 6) is 1.98. The molecule has 1 aliphatic heterocycles. The van der Waals surface area contributed by atoms with Gasteiger partial charge in [-0.1, -0.05) is 0 Å². The van der Waals surface area contributed by atoms with E-state index in [0.717, 1.165) is 11.9 Å². The average molecular weight is 298 g/mol.